The van der Waals surface area contributed by atoms with Crippen molar-refractivity contribution in [3.63, 3.8) is 0 Å². The molecule has 0 spiro atoms. The van der Waals surface area contributed by atoms with Crippen LogP contribution in [0.25, 0.3) is 0 Å². The average molecular weight is 255 g/mol. The van der Waals surface area contributed by atoms with Crippen molar-refractivity contribution in [2.24, 2.45) is 11.8 Å². The minimum Gasteiger partial charge on any atom is -0.0654 e. The Morgan fingerprint density at radius 2 is 1.11 bits per heavy atom. The zero-order valence-electron chi connectivity index (χ0n) is 13.6. The SMILES string of the molecule is CCCCCCCCCCCC(CC)C(C)CC. The largest absolute Gasteiger partial charge is 0.0654 e. The third-order valence-corrected chi connectivity index (χ3v) is 4.65. The van der Waals surface area contributed by atoms with Crippen molar-refractivity contribution >= 4 is 0 Å². The molecule has 0 N–H and O–H groups in total. The fourth-order valence-electron chi connectivity index (χ4n) is 2.94. The van der Waals surface area contributed by atoms with Gasteiger partial charge < -0.3 is 0 Å². The van der Waals surface area contributed by atoms with Gasteiger partial charge in [0.15, 0.2) is 0 Å². The molecule has 0 aliphatic heterocycles. The van der Waals surface area contributed by atoms with Crippen LogP contribution in [0.4, 0.5) is 0 Å². The highest BCUT2D eigenvalue weighted by atomic mass is 14.2. The van der Waals surface area contributed by atoms with Crippen LogP contribution in [-0.2, 0) is 0 Å². The smallest absolute Gasteiger partial charge is 0.0391 e. The first-order valence-corrected chi connectivity index (χ1v) is 8.76. The molecule has 0 heterocycles. The zero-order valence-corrected chi connectivity index (χ0v) is 13.6. The quantitative estimate of drug-likeness (QED) is 0.311. The molecule has 18 heavy (non-hydrogen) atoms. The maximum atomic E-state index is 2.43. The van der Waals surface area contributed by atoms with Gasteiger partial charge in [-0.3, -0.25) is 0 Å². The van der Waals surface area contributed by atoms with Crippen molar-refractivity contribution in [2.75, 3.05) is 0 Å². The third kappa shape index (κ3) is 9.97. The molecule has 0 saturated carbocycles. The summed E-state index contributed by atoms with van der Waals surface area (Å²) in [5.74, 6) is 1.92. The molecular weight excluding hydrogens is 216 g/mol. The summed E-state index contributed by atoms with van der Waals surface area (Å²) < 4.78 is 0. The van der Waals surface area contributed by atoms with Crippen LogP contribution < -0.4 is 0 Å². The average Bonchev–Trinajstić information content (AvgIpc) is 2.40. The van der Waals surface area contributed by atoms with Crippen molar-refractivity contribution in [3.8, 4) is 0 Å². The first kappa shape index (κ1) is 18.0. The number of unbranched alkanes of at least 4 members (excludes halogenated alkanes) is 8. The molecule has 0 aliphatic rings. The van der Waals surface area contributed by atoms with E-state index in [1.165, 1.54) is 77.0 Å². The Labute approximate surface area is 117 Å². The van der Waals surface area contributed by atoms with E-state index in [0.29, 0.717) is 0 Å². The molecule has 0 bridgehead atoms. The first-order chi connectivity index (χ1) is 8.76. The highest BCUT2D eigenvalue weighted by molar-refractivity contribution is 4.64. The highest BCUT2D eigenvalue weighted by Crippen LogP contribution is 2.24. The lowest BCUT2D eigenvalue weighted by Crippen LogP contribution is -2.09. The summed E-state index contributed by atoms with van der Waals surface area (Å²) in [6, 6.07) is 0. The fraction of sp³-hybridized carbons (Fsp3) is 1.00. The second-order valence-corrected chi connectivity index (χ2v) is 6.17. The van der Waals surface area contributed by atoms with E-state index in [9.17, 15) is 0 Å². The summed E-state index contributed by atoms with van der Waals surface area (Å²) in [7, 11) is 0. The Morgan fingerprint density at radius 1 is 0.611 bits per heavy atom. The number of hydrogen-bond donors (Lipinski definition) is 0. The third-order valence-electron chi connectivity index (χ3n) is 4.65. The van der Waals surface area contributed by atoms with Gasteiger partial charge in [0.25, 0.3) is 0 Å². The Hall–Kier alpha value is 0. The van der Waals surface area contributed by atoms with Crippen molar-refractivity contribution in [1.82, 2.24) is 0 Å². The Balaban J connectivity index is 3.28. The van der Waals surface area contributed by atoms with Crippen LogP contribution in [0.2, 0.25) is 0 Å². The Kier molecular flexibility index (Phi) is 13.4. The molecule has 0 aromatic carbocycles. The molecule has 0 amide bonds. The summed E-state index contributed by atoms with van der Waals surface area (Å²) in [5.41, 5.74) is 0. The fourth-order valence-corrected chi connectivity index (χ4v) is 2.94. The summed E-state index contributed by atoms with van der Waals surface area (Å²) in [6.45, 7) is 9.43. The molecule has 110 valence electrons. The van der Waals surface area contributed by atoms with Crippen molar-refractivity contribution in [3.05, 3.63) is 0 Å². The molecule has 0 aliphatic carbocycles. The van der Waals surface area contributed by atoms with Crippen LogP contribution >= 0.6 is 0 Å². The van der Waals surface area contributed by atoms with E-state index >= 15 is 0 Å². The second-order valence-electron chi connectivity index (χ2n) is 6.17. The molecule has 2 unspecified atom stereocenters. The summed E-state index contributed by atoms with van der Waals surface area (Å²) >= 11 is 0. The molecule has 0 heteroatoms. The van der Waals surface area contributed by atoms with Gasteiger partial charge in [-0.05, 0) is 11.8 Å². The van der Waals surface area contributed by atoms with Crippen LogP contribution in [0.3, 0.4) is 0 Å². The highest BCUT2D eigenvalue weighted by Gasteiger charge is 2.12. The summed E-state index contributed by atoms with van der Waals surface area (Å²) in [5, 5.41) is 0. The molecule has 0 fully saturated rings. The molecule has 0 radical (unpaired) electrons. The standard InChI is InChI=1S/C18H38/c1-5-8-9-10-11-12-13-14-15-16-18(7-3)17(4)6-2/h17-18H,5-16H2,1-4H3. The predicted octanol–water partition coefficient (Wildman–Crippen LogP) is 6.98. The van der Waals surface area contributed by atoms with Gasteiger partial charge in [0.05, 0.1) is 0 Å². The van der Waals surface area contributed by atoms with Gasteiger partial charge in [0, 0.05) is 0 Å². The van der Waals surface area contributed by atoms with E-state index < -0.39 is 0 Å². The Bertz CT molecular complexity index is 150. The van der Waals surface area contributed by atoms with Gasteiger partial charge >= 0.3 is 0 Å². The van der Waals surface area contributed by atoms with Gasteiger partial charge in [0.1, 0.15) is 0 Å². The van der Waals surface area contributed by atoms with E-state index in [-0.39, 0.29) is 0 Å². The Morgan fingerprint density at radius 3 is 1.56 bits per heavy atom. The molecule has 2 atom stereocenters. The van der Waals surface area contributed by atoms with Crippen molar-refractivity contribution < 1.29 is 0 Å². The monoisotopic (exact) mass is 254 g/mol. The summed E-state index contributed by atoms with van der Waals surface area (Å²) in [6.07, 6.45) is 17.3. The summed E-state index contributed by atoms with van der Waals surface area (Å²) in [4.78, 5) is 0. The minimum absolute atomic E-state index is 0.934. The van der Waals surface area contributed by atoms with E-state index in [1.54, 1.807) is 0 Å². The lowest BCUT2D eigenvalue weighted by Gasteiger charge is -2.21. The van der Waals surface area contributed by atoms with Gasteiger partial charge in [-0.2, -0.15) is 0 Å². The van der Waals surface area contributed by atoms with Gasteiger partial charge in [-0.1, -0.05) is 105 Å². The molecule has 0 aromatic rings. The molecule has 0 rings (SSSR count). The lowest BCUT2D eigenvalue weighted by atomic mass is 9.85. The second kappa shape index (κ2) is 13.4. The van der Waals surface area contributed by atoms with Crippen LogP contribution in [0, 0.1) is 11.8 Å². The minimum atomic E-state index is 0.934. The van der Waals surface area contributed by atoms with E-state index in [4.69, 9.17) is 0 Å². The predicted molar refractivity (Wildman–Crippen MR) is 85.1 cm³/mol. The molecule has 0 saturated heterocycles. The molecular formula is C18H38. The van der Waals surface area contributed by atoms with Crippen molar-refractivity contribution in [2.45, 2.75) is 105 Å². The maximum absolute atomic E-state index is 2.43. The topological polar surface area (TPSA) is 0 Å². The van der Waals surface area contributed by atoms with Crippen LogP contribution in [0.5, 0.6) is 0 Å². The van der Waals surface area contributed by atoms with Gasteiger partial charge in [-0.15, -0.1) is 0 Å². The molecule has 0 nitrogen and oxygen atoms in total. The van der Waals surface area contributed by atoms with Crippen LogP contribution in [-0.4, -0.2) is 0 Å². The van der Waals surface area contributed by atoms with Crippen molar-refractivity contribution in [1.29, 1.82) is 0 Å². The van der Waals surface area contributed by atoms with Crippen LogP contribution in [0.1, 0.15) is 105 Å². The van der Waals surface area contributed by atoms with Gasteiger partial charge in [0.2, 0.25) is 0 Å². The van der Waals surface area contributed by atoms with E-state index in [2.05, 4.69) is 27.7 Å². The molecule has 0 aromatic heterocycles. The van der Waals surface area contributed by atoms with Gasteiger partial charge in [-0.25, -0.2) is 0 Å². The van der Waals surface area contributed by atoms with E-state index in [0.717, 1.165) is 11.8 Å². The van der Waals surface area contributed by atoms with Crippen LogP contribution in [0.15, 0.2) is 0 Å². The lowest BCUT2D eigenvalue weighted by molar-refractivity contribution is 0.307. The maximum Gasteiger partial charge on any atom is -0.0391 e. The zero-order chi connectivity index (χ0) is 13.6. The number of hydrogen-bond acceptors (Lipinski definition) is 0. The first-order valence-electron chi connectivity index (χ1n) is 8.76. The normalized spacial score (nSPS) is 14.7. The van der Waals surface area contributed by atoms with E-state index in [1.807, 2.05) is 0 Å². The number of rotatable bonds is 13.